The molecular formula is C20H21ClN2O3S. The molecule has 0 aromatic heterocycles. The van der Waals surface area contributed by atoms with Gasteiger partial charge in [0.2, 0.25) is 5.91 Å². The molecule has 0 saturated carbocycles. The van der Waals surface area contributed by atoms with Crippen molar-refractivity contribution < 1.29 is 14.3 Å². The van der Waals surface area contributed by atoms with E-state index in [0.29, 0.717) is 36.8 Å². The summed E-state index contributed by atoms with van der Waals surface area (Å²) in [5.74, 6) is 1.28. The lowest BCUT2D eigenvalue weighted by Gasteiger charge is -2.20. The Labute approximate surface area is 168 Å². The molecule has 3 rings (SSSR count). The van der Waals surface area contributed by atoms with E-state index >= 15 is 0 Å². The van der Waals surface area contributed by atoms with Crippen molar-refractivity contribution in [1.29, 1.82) is 0 Å². The van der Waals surface area contributed by atoms with E-state index in [-0.39, 0.29) is 18.4 Å². The summed E-state index contributed by atoms with van der Waals surface area (Å²) in [4.78, 5) is 27.1. The van der Waals surface area contributed by atoms with E-state index in [1.165, 1.54) is 0 Å². The summed E-state index contributed by atoms with van der Waals surface area (Å²) >= 11 is 7.69. The fourth-order valence-electron chi connectivity index (χ4n) is 2.74. The van der Waals surface area contributed by atoms with Crippen molar-refractivity contribution in [2.24, 2.45) is 0 Å². The van der Waals surface area contributed by atoms with Crippen molar-refractivity contribution in [2.45, 2.75) is 17.9 Å². The number of nitrogens with zero attached hydrogens (tertiary/aromatic N) is 1. The Kier molecular flexibility index (Phi) is 7.01. The van der Waals surface area contributed by atoms with Crippen LogP contribution < -0.4 is 10.1 Å². The number of hydrogen-bond donors (Lipinski definition) is 1. The monoisotopic (exact) mass is 404 g/mol. The number of thioether (sulfide) groups is 1. The summed E-state index contributed by atoms with van der Waals surface area (Å²) < 4.78 is 5.53. The highest BCUT2D eigenvalue weighted by atomic mass is 35.5. The molecule has 27 heavy (non-hydrogen) atoms. The maximum absolute atomic E-state index is 12.2. The Bertz CT molecular complexity index is 801. The van der Waals surface area contributed by atoms with Gasteiger partial charge in [-0.3, -0.25) is 9.59 Å². The molecule has 1 aliphatic heterocycles. The van der Waals surface area contributed by atoms with E-state index in [4.69, 9.17) is 16.3 Å². The predicted molar refractivity (Wildman–Crippen MR) is 107 cm³/mol. The molecular weight excluding hydrogens is 384 g/mol. The zero-order valence-electron chi connectivity index (χ0n) is 14.8. The number of benzene rings is 2. The summed E-state index contributed by atoms with van der Waals surface area (Å²) in [7, 11) is 0. The van der Waals surface area contributed by atoms with Gasteiger partial charge in [0.15, 0.2) is 6.61 Å². The summed E-state index contributed by atoms with van der Waals surface area (Å²) in [6, 6.07) is 15.3. The van der Waals surface area contributed by atoms with Crippen molar-refractivity contribution in [3.63, 3.8) is 0 Å². The number of halogens is 1. The molecule has 0 atom stereocenters. The molecule has 0 fully saturated rings. The number of carbonyl (C=O) groups excluding carboxylic acids is 2. The molecule has 1 aliphatic rings. The fourth-order valence-corrected chi connectivity index (χ4v) is 3.81. The summed E-state index contributed by atoms with van der Waals surface area (Å²) in [6.45, 7) is 1.27. The molecule has 1 heterocycles. The lowest BCUT2D eigenvalue weighted by molar-refractivity contribution is -0.133. The normalized spacial score (nSPS) is 13.5. The van der Waals surface area contributed by atoms with E-state index in [9.17, 15) is 9.59 Å². The second-order valence-electron chi connectivity index (χ2n) is 6.12. The third kappa shape index (κ3) is 5.91. The Morgan fingerprint density at radius 1 is 1.22 bits per heavy atom. The Balaban J connectivity index is 1.42. The number of nitrogens with one attached hydrogen (secondary N) is 1. The molecule has 0 spiro atoms. The highest BCUT2D eigenvalue weighted by Gasteiger charge is 2.21. The van der Waals surface area contributed by atoms with Crippen LogP contribution >= 0.6 is 23.4 Å². The molecule has 7 heteroatoms. The van der Waals surface area contributed by atoms with Crippen molar-refractivity contribution in [3.05, 3.63) is 59.1 Å². The van der Waals surface area contributed by atoms with E-state index in [0.717, 1.165) is 16.2 Å². The van der Waals surface area contributed by atoms with Crippen LogP contribution in [0.5, 0.6) is 5.75 Å². The Hall–Kier alpha value is -2.18. The van der Waals surface area contributed by atoms with Gasteiger partial charge in [0.1, 0.15) is 5.75 Å². The van der Waals surface area contributed by atoms with Gasteiger partial charge in [-0.05, 0) is 30.3 Å². The highest BCUT2D eigenvalue weighted by Crippen LogP contribution is 2.26. The van der Waals surface area contributed by atoms with E-state index < -0.39 is 0 Å². The first-order valence-corrected chi connectivity index (χ1v) is 10.1. The summed E-state index contributed by atoms with van der Waals surface area (Å²) in [5.41, 5.74) is 0.874. The van der Waals surface area contributed by atoms with Gasteiger partial charge >= 0.3 is 0 Å². The van der Waals surface area contributed by atoms with Gasteiger partial charge in [0.05, 0.1) is 0 Å². The van der Waals surface area contributed by atoms with Gasteiger partial charge in [-0.1, -0.05) is 29.8 Å². The largest absolute Gasteiger partial charge is 0.483 e. The van der Waals surface area contributed by atoms with Crippen molar-refractivity contribution >= 4 is 35.2 Å². The first-order chi connectivity index (χ1) is 13.1. The number of carbonyl (C=O) groups is 2. The molecule has 2 amide bonds. The van der Waals surface area contributed by atoms with E-state index in [2.05, 4.69) is 5.32 Å². The van der Waals surface area contributed by atoms with Crippen LogP contribution in [-0.4, -0.2) is 42.2 Å². The minimum Gasteiger partial charge on any atom is -0.483 e. The first kappa shape index (κ1) is 19.6. The molecule has 0 saturated heterocycles. The zero-order chi connectivity index (χ0) is 19.1. The van der Waals surface area contributed by atoms with Gasteiger partial charge < -0.3 is 15.0 Å². The lowest BCUT2D eigenvalue weighted by atomic mass is 10.2. The van der Waals surface area contributed by atoms with Crippen LogP contribution in [0.25, 0.3) is 0 Å². The average molecular weight is 405 g/mol. The number of hydrogen-bond acceptors (Lipinski definition) is 4. The minimum atomic E-state index is -0.101. The van der Waals surface area contributed by atoms with Crippen molar-refractivity contribution in [2.75, 3.05) is 25.4 Å². The second kappa shape index (κ2) is 9.67. The maximum atomic E-state index is 12.2. The van der Waals surface area contributed by atoms with Gasteiger partial charge in [-0.2, -0.15) is 0 Å². The van der Waals surface area contributed by atoms with Crippen LogP contribution in [-0.2, 0) is 16.1 Å². The average Bonchev–Trinajstić information content (AvgIpc) is 2.81. The van der Waals surface area contributed by atoms with Crippen molar-refractivity contribution in [1.82, 2.24) is 10.2 Å². The molecule has 142 valence electrons. The zero-order valence-corrected chi connectivity index (χ0v) is 16.4. The SMILES string of the molecule is O=C(CCSc1ccccc1)NCCN1Cc2cc(Cl)ccc2OCC1=O. The van der Waals surface area contributed by atoms with Crippen LogP contribution in [0.15, 0.2) is 53.4 Å². The van der Waals surface area contributed by atoms with Crippen LogP contribution in [0.1, 0.15) is 12.0 Å². The van der Waals surface area contributed by atoms with Gasteiger partial charge in [-0.25, -0.2) is 0 Å². The number of rotatable bonds is 7. The van der Waals surface area contributed by atoms with Crippen molar-refractivity contribution in [3.8, 4) is 5.75 Å². The van der Waals surface area contributed by atoms with Crippen LogP contribution in [0.2, 0.25) is 5.02 Å². The third-order valence-electron chi connectivity index (χ3n) is 4.13. The molecule has 2 aromatic carbocycles. The summed E-state index contributed by atoms with van der Waals surface area (Å²) in [5, 5.41) is 3.49. The molecule has 0 bridgehead atoms. The van der Waals surface area contributed by atoms with E-state index in [1.54, 1.807) is 28.8 Å². The Morgan fingerprint density at radius 2 is 2.04 bits per heavy atom. The smallest absolute Gasteiger partial charge is 0.260 e. The quantitative estimate of drug-likeness (QED) is 0.719. The van der Waals surface area contributed by atoms with E-state index in [1.807, 2.05) is 36.4 Å². The van der Waals surface area contributed by atoms with Gasteiger partial charge in [-0.15, -0.1) is 11.8 Å². The summed E-state index contributed by atoms with van der Waals surface area (Å²) in [6.07, 6.45) is 0.440. The lowest BCUT2D eigenvalue weighted by Crippen LogP contribution is -2.39. The van der Waals surface area contributed by atoms with Gasteiger partial charge in [0.25, 0.3) is 5.91 Å². The number of ether oxygens (including phenoxy) is 1. The maximum Gasteiger partial charge on any atom is 0.260 e. The topological polar surface area (TPSA) is 58.6 Å². The molecule has 2 aromatic rings. The highest BCUT2D eigenvalue weighted by molar-refractivity contribution is 7.99. The third-order valence-corrected chi connectivity index (χ3v) is 5.38. The molecule has 1 N–H and O–H groups in total. The molecule has 0 radical (unpaired) electrons. The molecule has 0 unspecified atom stereocenters. The molecule has 5 nitrogen and oxygen atoms in total. The van der Waals surface area contributed by atoms with Crippen LogP contribution in [0, 0.1) is 0 Å². The van der Waals surface area contributed by atoms with Crippen LogP contribution in [0.3, 0.4) is 0 Å². The second-order valence-corrected chi connectivity index (χ2v) is 7.72. The fraction of sp³-hybridized carbons (Fsp3) is 0.300. The minimum absolute atomic E-state index is 0.00368. The number of fused-ring (bicyclic) bond motifs is 1. The molecule has 0 aliphatic carbocycles. The predicted octanol–water partition coefficient (Wildman–Crippen LogP) is 3.36. The van der Waals surface area contributed by atoms with Crippen LogP contribution in [0.4, 0.5) is 0 Å². The first-order valence-electron chi connectivity index (χ1n) is 8.75. The Morgan fingerprint density at radius 3 is 2.85 bits per heavy atom. The van der Waals surface area contributed by atoms with Gasteiger partial charge in [0, 0.05) is 47.3 Å². The number of amides is 2. The standard InChI is InChI=1S/C20H21ClN2O3S/c21-16-6-7-18-15(12-16)13-23(20(25)14-26-18)10-9-22-19(24)8-11-27-17-4-2-1-3-5-17/h1-7,12H,8-11,13-14H2,(H,22,24).